The van der Waals surface area contributed by atoms with Gasteiger partial charge in [-0.2, -0.15) is 0 Å². The second kappa shape index (κ2) is 4.78. The highest BCUT2D eigenvalue weighted by atomic mass is 35.7. The molecule has 15 heavy (non-hydrogen) atoms. The highest BCUT2D eigenvalue weighted by molar-refractivity contribution is 8.13. The van der Waals surface area contributed by atoms with E-state index in [1.165, 1.54) is 19.2 Å². The van der Waals surface area contributed by atoms with Gasteiger partial charge in [0, 0.05) is 17.8 Å². The van der Waals surface area contributed by atoms with E-state index in [9.17, 15) is 12.8 Å². The van der Waals surface area contributed by atoms with Crippen LogP contribution < -0.4 is 4.74 Å². The molecule has 0 heterocycles. The fraction of sp³-hybridized carbons (Fsp3) is 0.250. The molecule has 0 radical (unpaired) electrons. The summed E-state index contributed by atoms with van der Waals surface area (Å²) < 4.78 is 44.7. The highest BCUT2D eigenvalue weighted by Gasteiger charge is 2.21. The average Bonchev–Trinajstić information content (AvgIpc) is 2.12. The lowest BCUT2D eigenvalue weighted by Crippen LogP contribution is -2.05. The number of rotatable bonds is 4. The van der Waals surface area contributed by atoms with E-state index in [4.69, 9.17) is 15.4 Å². The molecule has 1 aromatic rings. The fourth-order valence-corrected chi connectivity index (χ4v) is 2.08. The summed E-state index contributed by atoms with van der Waals surface area (Å²) in [4.78, 5) is -0.677. The zero-order valence-electron chi connectivity index (χ0n) is 7.74. The van der Waals surface area contributed by atoms with Crippen LogP contribution in [0, 0.1) is 5.82 Å². The van der Waals surface area contributed by atoms with Gasteiger partial charge in [0.1, 0.15) is 11.6 Å². The van der Waals surface area contributed by atoms with Gasteiger partial charge >= 0.3 is 0 Å². The molecular weight excluding hydrogens is 247 g/mol. The largest absolute Gasteiger partial charge is 0.466 e. The molecule has 0 fully saturated rings. The normalized spacial score (nSPS) is 11.4. The number of ether oxygens (including phenoxy) is 2. The number of benzene rings is 1. The van der Waals surface area contributed by atoms with Crippen molar-refractivity contribution < 1.29 is 22.3 Å². The van der Waals surface area contributed by atoms with Crippen molar-refractivity contribution in [1.82, 2.24) is 0 Å². The Bertz CT molecular complexity index is 446. The Hall–Kier alpha value is -0.850. The molecule has 0 aliphatic carbocycles. The number of methoxy groups -OCH3 is 1. The minimum atomic E-state index is -4.18. The molecule has 4 nitrogen and oxygen atoms in total. The number of halogens is 2. The predicted octanol–water partition coefficient (Wildman–Crippen LogP) is 1.74. The quantitative estimate of drug-likeness (QED) is 0.607. The van der Waals surface area contributed by atoms with Crippen molar-refractivity contribution in [3.8, 4) is 5.75 Å². The molecule has 0 spiro atoms. The lowest BCUT2D eigenvalue weighted by Gasteiger charge is -2.08. The Labute approximate surface area is 91.0 Å². The standard InChI is InChI=1S/C8H8ClFO4S/c1-13-5-14-7-4-2-3-6(10)8(7)15(9,11)12/h2-4H,5H2,1H3. The molecule has 0 aliphatic rings. The van der Waals surface area contributed by atoms with Gasteiger partial charge in [-0.1, -0.05) is 6.07 Å². The predicted molar refractivity (Wildman–Crippen MR) is 51.9 cm³/mol. The van der Waals surface area contributed by atoms with E-state index in [0.29, 0.717) is 0 Å². The Morgan fingerprint density at radius 3 is 2.67 bits per heavy atom. The van der Waals surface area contributed by atoms with Crippen molar-refractivity contribution in [2.24, 2.45) is 0 Å². The molecule has 1 rings (SSSR count). The van der Waals surface area contributed by atoms with Gasteiger partial charge in [0.25, 0.3) is 9.05 Å². The minimum absolute atomic E-state index is 0.174. The molecule has 0 saturated carbocycles. The SMILES string of the molecule is COCOc1cccc(F)c1S(=O)(=O)Cl. The molecule has 0 bridgehead atoms. The lowest BCUT2D eigenvalue weighted by molar-refractivity contribution is 0.0486. The minimum Gasteiger partial charge on any atom is -0.466 e. The van der Waals surface area contributed by atoms with Crippen LogP contribution in [0.1, 0.15) is 0 Å². The zero-order valence-corrected chi connectivity index (χ0v) is 9.31. The Morgan fingerprint density at radius 2 is 2.13 bits per heavy atom. The zero-order chi connectivity index (χ0) is 11.5. The number of hydrogen-bond acceptors (Lipinski definition) is 4. The van der Waals surface area contributed by atoms with Gasteiger partial charge in [-0.3, -0.25) is 0 Å². The topological polar surface area (TPSA) is 52.6 Å². The smallest absolute Gasteiger partial charge is 0.267 e. The molecule has 0 unspecified atom stereocenters. The summed E-state index contributed by atoms with van der Waals surface area (Å²) in [5.41, 5.74) is 0. The van der Waals surface area contributed by atoms with Gasteiger partial charge in [0.2, 0.25) is 0 Å². The monoisotopic (exact) mass is 254 g/mol. The second-order valence-electron chi connectivity index (χ2n) is 2.56. The molecule has 0 saturated heterocycles. The molecular formula is C8H8ClFO4S. The van der Waals surface area contributed by atoms with E-state index < -0.39 is 19.8 Å². The van der Waals surface area contributed by atoms with Gasteiger partial charge in [0.05, 0.1) is 0 Å². The van der Waals surface area contributed by atoms with Gasteiger partial charge < -0.3 is 9.47 Å². The van der Waals surface area contributed by atoms with Crippen molar-refractivity contribution in [2.45, 2.75) is 4.90 Å². The lowest BCUT2D eigenvalue weighted by atomic mass is 10.3. The van der Waals surface area contributed by atoms with Gasteiger partial charge in [-0.25, -0.2) is 12.8 Å². The van der Waals surface area contributed by atoms with Crippen LogP contribution in [0.2, 0.25) is 0 Å². The summed E-state index contributed by atoms with van der Waals surface area (Å²) in [6.45, 7) is -0.192. The van der Waals surface area contributed by atoms with Crippen molar-refractivity contribution in [1.29, 1.82) is 0 Å². The fourth-order valence-electron chi connectivity index (χ4n) is 0.962. The molecule has 0 atom stereocenters. The van der Waals surface area contributed by atoms with Gasteiger partial charge in [-0.15, -0.1) is 0 Å². The molecule has 0 aliphatic heterocycles. The molecule has 0 aromatic heterocycles. The molecule has 1 aromatic carbocycles. The van der Waals surface area contributed by atoms with Crippen LogP contribution in [0.4, 0.5) is 4.39 Å². The maximum absolute atomic E-state index is 13.2. The van der Waals surface area contributed by atoms with Crippen molar-refractivity contribution in [2.75, 3.05) is 13.9 Å². The van der Waals surface area contributed by atoms with Gasteiger partial charge in [-0.05, 0) is 12.1 Å². The van der Waals surface area contributed by atoms with Crippen LogP contribution in [0.5, 0.6) is 5.75 Å². The van der Waals surface area contributed by atoms with E-state index in [0.717, 1.165) is 6.07 Å². The summed E-state index contributed by atoms with van der Waals surface area (Å²) in [6.07, 6.45) is 0. The van der Waals surface area contributed by atoms with Crippen LogP contribution in [0.3, 0.4) is 0 Å². The molecule has 0 amide bonds. The average molecular weight is 255 g/mol. The third-order valence-electron chi connectivity index (χ3n) is 1.51. The van der Waals surface area contributed by atoms with E-state index in [2.05, 4.69) is 4.74 Å². The summed E-state index contributed by atoms with van der Waals surface area (Å²) in [5.74, 6) is -1.13. The first-order chi connectivity index (χ1) is 6.96. The molecule has 84 valence electrons. The third-order valence-corrected chi connectivity index (χ3v) is 2.85. The van der Waals surface area contributed by atoms with Crippen molar-refractivity contribution in [3.05, 3.63) is 24.0 Å². The first kappa shape index (κ1) is 12.2. The maximum atomic E-state index is 13.2. The number of hydrogen-bond donors (Lipinski definition) is 0. The van der Waals surface area contributed by atoms with Crippen LogP contribution in [0.15, 0.2) is 23.1 Å². The first-order valence-corrected chi connectivity index (χ1v) is 6.12. The van der Waals surface area contributed by atoms with E-state index in [-0.39, 0.29) is 12.5 Å². The van der Waals surface area contributed by atoms with Crippen molar-refractivity contribution >= 4 is 19.7 Å². The summed E-state index contributed by atoms with van der Waals surface area (Å²) in [6, 6.07) is 3.58. The Morgan fingerprint density at radius 1 is 1.47 bits per heavy atom. The van der Waals surface area contributed by atoms with Crippen LogP contribution in [-0.2, 0) is 13.8 Å². The molecule has 7 heteroatoms. The summed E-state index contributed by atoms with van der Waals surface area (Å²) >= 11 is 0. The van der Waals surface area contributed by atoms with E-state index >= 15 is 0 Å². The second-order valence-corrected chi connectivity index (χ2v) is 5.06. The van der Waals surface area contributed by atoms with Crippen LogP contribution >= 0.6 is 10.7 Å². The van der Waals surface area contributed by atoms with E-state index in [1.807, 2.05) is 0 Å². The Kier molecular flexibility index (Phi) is 3.90. The third kappa shape index (κ3) is 3.05. The van der Waals surface area contributed by atoms with E-state index in [1.54, 1.807) is 0 Å². The Balaban J connectivity index is 3.21. The summed E-state index contributed by atoms with van der Waals surface area (Å²) in [7, 11) is 2.24. The summed E-state index contributed by atoms with van der Waals surface area (Å²) in [5, 5.41) is 0. The highest BCUT2D eigenvalue weighted by Crippen LogP contribution is 2.29. The van der Waals surface area contributed by atoms with Crippen molar-refractivity contribution in [3.63, 3.8) is 0 Å². The molecule has 0 N–H and O–H groups in total. The maximum Gasteiger partial charge on any atom is 0.267 e. The van der Waals surface area contributed by atoms with Gasteiger partial charge in [0.15, 0.2) is 11.7 Å². The van der Waals surface area contributed by atoms with Crippen LogP contribution in [-0.4, -0.2) is 22.3 Å². The first-order valence-electron chi connectivity index (χ1n) is 3.81. The van der Waals surface area contributed by atoms with Crippen LogP contribution in [0.25, 0.3) is 0 Å².